The van der Waals surface area contributed by atoms with E-state index in [0.29, 0.717) is 11.8 Å². The van der Waals surface area contributed by atoms with E-state index in [2.05, 4.69) is 38.7 Å². The molecular formula is C12H19NO. The molecule has 0 unspecified atom stereocenters. The van der Waals surface area contributed by atoms with Crippen molar-refractivity contribution in [3.05, 3.63) is 23.0 Å². The fourth-order valence-corrected chi connectivity index (χ4v) is 1.56. The second kappa shape index (κ2) is 4.45. The van der Waals surface area contributed by atoms with Crippen molar-refractivity contribution in [1.82, 2.24) is 4.98 Å². The molecule has 1 N–H and O–H groups in total. The van der Waals surface area contributed by atoms with Gasteiger partial charge in [-0.2, -0.15) is 0 Å². The van der Waals surface area contributed by atoms with Crippen LogP contribution in [0.25, 0.3) is 0 Å². The zero-order chi connectivity index (χ0) is 10.7. The highest BCUT2D eigenvalue weighted by atomic mass is 16.1. The number of carbonyl (C=O) groups excluding carboxylic acids is 1. The number of rotatable bonds is 4. The summed E-state index contributed by atoms with van der Waals surface area (Å²) in [6, 6.07) is 2.12. The van der Waals surface area contributed by atoms with Crippen LogP contribution in [0.1, 0.15) is 55.4 Å². The number of aromatic nitrogens is 1. The average molecular weight is 193 g/mol. The van der Waals surface area contributed by atoms with Gasteiger partial charge in [0.15, 0.2) is 6.29 Å². The molecule has 78 valence electrons. The molecule has 0 amide bonds. The summed E-state index contributed by atoms with van der Waals surface area (Å²) < 4.78 is 0. The van der Waals surface area contributed by atoms with Gasteiger partial charge in [0.05, 0.1) is 5.69 Å². The van der Waals surface area contributed by atoms with Crippen LogP contribution in [0.15, 0.2) is 6.07 Å². The van der Waals surface area contributed by atoms with Crippen molar-refractivity contribution in [1.29, 1.82) is 0 Å². The third kappa shape index (κ3) is 2.47. The fraction of sp³-hybridized carbons (Fsp3) is 0.583. The molecule has 0 aromatic carbocycles. The molecule has 0 atom stereocenters. The molecule has 1 rings (SSSR count). The molecule has 0 bridgehead atoms. The van der Waals surface area contributed by atoms with Crippen LogP contribution in [0.5, 0.6) is 0 Å². The van der Waals surface area contributed by atoms with Crippen molar-refractivity contribution in [2.45, 2.75) is 40.0 Å². The Morgan fingerprint density at radius 3 is 2.43 bits per heavy atom. The molecule has 0 saturated heterocycles. The number of hydrogen-bond donors (Lipinski definition) is 1. The fourth-order valence-electron chi connectivity index (χ4n) is 1.56. The highest BCUT2D eigenvalue weighted by molar-refractivity contribution is 5.75. The van der Waals surface area contributed by atoms with E-state index in [1.54, 1.807) is 0 Å². The number of carbonyl (C=O) groups is 1. The Hall–Kier alpha value is -1.05. The van der Waals surface area contributed by atoms with Crippen molar-refractivity contribution >= 4 is 6.29 Å². The molecule has 0 radical (unpaired) electrons. The topological polar surface area (TPSA) is 32.9 Å². The van der Waals surface area contributed by atoms with E-state index in [0.717, 1.165) is 29.7 Å². The van der Waals surface area contributed by atoms with E-state index in [-0.39, 0.29) is 0 Å². The lowest BCUT2D eigenvalue weighted by Crippen LogP contribution is -1.96. The predicted octanol–water partition coefficient (Wildman–Crippen LogP) is 3.15. The summed E-state index contributed by atoms with van der Waals surface area (Å²) in [5, 5.41) is 0. The highest BCUT2D eigenvalue weighted by Gasteiger charge is 2.10. The lowest BCUT2D eigenvalue weighted by atomic mass is 10.0. The molecule has 2 nitrogen and oxygen atoms in total. The van der Waals surface area contributed by atoms with Crippen LogP contribution in [-0.4, -0.2) is 11.3 Å². The first-order valence-corrected chi connectivity index (χ1v) is 5.21. The highest BCUT2D eigenvalue weighted by Crippen LogP contribution is 2.19. The summed E-state index contributed by atoms with van der Waals surface area (Å²) in [4.78, 5) is 14.0. The van der Waals surface area contributed by atoms with Crippen LogP contribution in [0.4, 0.5) is 0 Å². The van der Waals surface area contributed by atoms with Crippen molar-refractivity contribution in [2.75, 3.05) is 0 Å². The largest absolute Gasteiger partial charge is 0.356 e. The van der Waals surface area contributed by atoms with Gasteiger partial charge in [-0.1, -0.05) is 27.7 Å². The van der Waals surface area contributed by atoms with E-state index in [1.165, 1.54) is 0 Å². The Morgan fingerprint density at radius 1 is 1.36 bits per heavy atom. The maximum Gasteiger partial charge on any atom is 0.166 e. The molecule has 1 aromatic rings. The van der Waals surface area contributed by atoms with Crippen LogP contribution in [0.2, 0.25) is 0 Å². The van der Waals surface area contributed by atoms with Crippen molar-refractivity contribution in [3.63, 3.8) is 0 Å². The Morgan fingerprint density at radius 2 is 2.00 bits per heavy atom. The van der Waals surface area contributed by atoms with Gasteiger partial charge in [0.2, 0.25) is 0 Å². The third-order valence-electron chi connectivity index (χ3n) is 2.32. The minimum Gasteiger partial charge on any atom is -0.356 e. The van der Waals surface area contributed by atoms with Crippen molar-refractivity contribution in [3.8, 4) is 0 Å². The van der Waals surface area contributed by atoms with Crippen LogP contribution in [0.3, 0.4) is 0 Å². The molecule has 0 spiro atoms. The van der Waals surface area contributed by atoms with E-state index in [1.807, 2.05) is 0 Å². The summed E-state index contributed by atoms with van der Waals surface area (Å²) in [6.45, 7) is 8.58. The summed E-state index contributed by atoms with van der Waals surface area (Å²) >= 11 is 0. The molecule has 0 aliphatic carbocycles. The number of nitrogens with one attached hydrogen (secondary N) is 1. The molecule has 0 saturated carbocycles. The van der Waals surface area contributed by atoms with Crippen LogP contribution in [0, 0.1) is 5.92 Å². The molecule has 1 aromatic heterocycles. The molecule has 2 heteroatoms. The summed E-state index contributed by atoms with van der Waals surface area (Å²) in [5.41, 5.74) is 3.06. The van der Waals surface area contributed by atoms with Gasteiger partial charge >= 0.3 is 0 Å². The van der Waals surface area contributed by atoms with Crippen LogP contribution in [-0.2, 0) is 6.42 Å². The maximum absolute atomic E-state index is 10.8. The van der Waals surface area contributed by atoms with Gasteiger partial charge in [0.25, 0.3) is 0 Å². The number of aldehydes is 1. The molecule has 0 fully saturated rings. The number of hydrogen-bond acceptors (Lipinski definition) is 1. The maximum atomic E-state index is 10.8. The van der Waals surface area contributed by atoms with Gasteiger partial charge in [0.1, 0.15) is 0 Å². The van der Waals surface area contributed by atoms with Gasteiger partial charge in [-0.15, -0.1) is 0 Å². The SMILES string of the molecule is CC(C)Cc1cc(C(C)C)[nH]c1C=O. The Balaban J connectivity index is 2.96. The summed E-state index contributed by atoms with van der Waals surface area (Å²) in [7, 11) is 0. The first-order valence-electron chi connectivity index (χ1n) is 5.21. The van der Waals surface area contributed by atoms with E-state index in [9.17, 15) is 4.79 Å². The first kappa shape index (κ1) is 11.0. The predicted molar refractivity (Wildman–Crippen MR) is 58.8 cm³/mol. The first-order chi connectivity index (χ1) is 6.54. The Kier molecular flexibility index (Phi) is 3.50. The molecule has 1 heterocycles. The molecule has 0 aliphatic heterocycles. The minimum absolute atomic E-state index is 0.453. The Bertz CT molecular complexity index is 310. The standard InChI is InChI=1S/C12H19NO/c1-8(2)5-10-6-11(9(3)4)13-12(10)7-14/h6-9,13H,5H2,1-4H3. The van der Waals surface area contributed by atoms with Crippen molar-refractivity contribution in [2.24, 2.45) is 5.92 Å². The average Bonchev–Trinajstić information content (AvgIpc) is 2.46. The van der Waals surface area contributed by atoms with Crippen molar-refractivity contribution < 1.29 is 4.79 Å². The van der Waals surface area contributed by atoms with Gasteiger partial charge in [0, 0.05) is 5.69 Å². The van der Waals surface area contributed by atoms with E-state index < -0.39 is 0 Å². The zero-order valence-electron chi connectivity index (χ0n) is 9.42. The van der Waals surface area contributed by atoms with E-state index in [4.69, 9.17) is 0 Å². The quantitative estimate of drug-likeness (QED) is 0.732. The second-order valence-corrected chi connectivity index (χ2v) is 4.53. The monoisotopic (exact) mass is 193 g/mol. The number of aromatic amines is 1. The lowest BCUT2D eigenvalue weighted by Gasteiger charge is -2.01. The zero-order valence-corrected chi connectivity index (χ0v) is 9.42. The Labute approximate surface area is 85.7 Å². The third-order valence-corrected chi connectivity index (χ3v) is 2.32. The van der Waals surface area contributed by atoms with E-state index >= 15 is 0 Å². The minimum atomic E-state index is 0.453. The van der Waals surface area contributed by atoms with Gasteiger partial charge in [-0.05, 0) is 29.9 Å². The molecule has 0 aliphatic rings. The summed E-state index contributed by atoms with van der Waals surface area (Å²) in [5.74, 6) is 1.04. The number of H-pyrrole nitrogens is 1. The van der Waals surface area contributed by atoms with Crippen LogP contribution >= 0.6 is 0 Å². The normalized spacial score (nSPS) is 11.3. The molecular weight excluding hydrogens is 174 g/mol. The van der Waals surface area contributed by atoms with Gasteiger partial charge in [-0.3, -0.25) is 4.79 Å². The second-order valence-electron chi connectivity index (χ2n) is 4.53. The van der Waals surface area contributed by atoms with Gasteiger partial charge in [-0.25, -0.2) is 0 Å². The summed E-state index contributed by atoms with van der Waals surface area (Å²) in [6.07, 6.45) is 1.89. The lowest BCUT2D eigenvalue weighted by molar-refractivity contribution is 0.111. The molecule has 14 heavy (non-hydrogen) atoms. The van der Waals surface area contributed by atoms with Gasteiger partial charge < -0.3 is 4.98 Å². The van der Waals surface area contributed by atoms with Crippen LogP contribution < -0.4 is 0 Å². The smallest absolute Gasteiger partial charge is 0.166 e.